The molecule has 0 spiro atoms. The minimum absolute atomic E-state index is 0.0286. The van der Waals surface area contributed by atoms with Crippen molar-refractivity contribution < 1.29 is 9.18 Å². The number of carbonyl (C=O) groups excluding carboxylic acids is 1. The van der Waals surface area contributed by atoms with E-state index in [0.717, 1.165) is 6.07 Å². The molecule has 116 valence electrons. The molecule has 1 amide bonds. The summed E-state index contributed by atoms with van der Waals surface area (Å²) in [5.41, 5.74) is -0.0586. The van der Waals surface area contributed by atoms with Crippen molar-refractivity contribution in [2.24, 2.45) is 0 Å². The van der Waals surface area contributed by atoms with E-state index in [1.165, 1.54) is 12.1 Å². The molecule has 23 heavy (non-hydrogen) atoms. The van der Waals surface area contributed by atoms with Gasteiger partial charge in [0.05, 0.1) is 28.2 Å². The fourth-order valence-corrected chi connectivity index (χ4v) is 2.52. The van der Waals surface area contributed by atoms with Crippen molar-refractivity contribution in [3.63, 3.8) is 0 Å². The molecule has 3 aromatic rings. The maximum Gasteiger partial charge on any atom is 0.272 e. The van der Waals surface area contributed by atoms with Crippen molar-refractivity contribution >= 4 is 28.3 Å². The SMILES string of the molecule is O=C(NCc1n[nH]c(=O)c2ccccc12)c1c(F)cccc1Cl. The van der Waals surface area contributed by atoms with Gasteiger partial charge in [-0.1, -0.05) is 35.9 Å². The summed E-state index contributed by atoms with van der Waals surface area (Å²) in [6, 6.07) is 10.9. The van der Waals surface area contributed by atoms with E-state index in [4.69, 9.17) is 11.6 Å². The highest BCUT2D eigenvalue weighted by Crippen LogP contribution is 2.19. The third-order valence-corrected chi connectivity index (χ3v) is 3.70. The molecule has 1 heterocycles. The molecule has 0 saturated heterocycles. The van der Waals surface area contributed by atoms with Crippen LogP contribution < -0.4 is 10.9 Å². The number of hydrogen-bond acceptors (Lipinski definition) is 3. The number of carbonyl (C=O) groups is 1. The van der Waals surface area contributed by atoms with Crippen LogP contribution in [0, 0.1) is 5.82 Å². The zero-order valence-electron chi connectivity index (χ0n) is 11.8. The van der Waals surface area contributed by atoms with Crippen LogP contribution in [0.25, 0.3) is 10.8 Å². The molecule has 3 rings (SSSR count). The number of nitrogens with one attached hydrogen (secondary N) is 2. The first-order valence-corrected chi connectivity index (χ1v) is 7.14. The number of fused-ring (bicyclic) bond motifs is 1. The summed E-state index contributed by atoms with van der Waals surface area (Å²) in [5.74, 6) is -1.35. The Labute approximate surface area is 135 Å². The van der Waals surface area contributed by atoms with E-state index in [9.17, 15) is 14.0 Å². The number of aromatic amines is 1. The van der Waals surface area contributed by atoms with Gasteiger partial charge in [0.15, 0.2) is 0 Å². The van der Waals surface area contributed by atoms with Crippen LogP contribution in [-0.4, -0.2) is 16.1 Å². The second-order valence-electron chi connectivity index (χ2n) is 4.82. The van der Waals surface area contributed by atoms with Crippen molar-refractivity contribution in [1.82, 2.24) is 15.5 Å². The molecular formula is C16H11ClFN3O2. The molecular weight excluding hydrogens is 321 g/mol. The summed E-state index contributed by atoms with van der Waals surface area (Å²) in [5, 5.41) is 9.99. The lowest BCUT2D eigenvalue weighted by molar-refractivity contribution is 0.0946. The van der Waals surface area contributed by atoms with Crippen LogP contribution in [0.15, 0.2) is 47.3 Å². The monoisotopic (exact) mass is 331 g/mol. The van der Waals surface area contributed by atoms with Crippen molar-refractivity contribution in [3.05, 3.63) is 74.9 Å². The lowest BCUT2D eigenvalue weighted by atomic mass is 10.1. The molecule has 2 aromatic carbocycles. The minimum atomic E-state index is -0.700. The van der Waals surface area contributed by atoms with Crippen molar-refractivity contribution in [2.75, 3.05) is 0 Å². The van der Waals surface area contributed by atoms with Gasteiger partial charge in [0.25, 0.3) is 11.5 Å². The van der Waals surface area contributed by atoms with Crippen LogP contribution in [0.1, 0.15) is 16.1 Å². The quantitative estimate of drug-likeness (QED) is 0.774. The van der Waals surface area contributed by atoms with Gasteiger partial charge in [-0.15, -0.1) is 0 Å². The average Bonchev–Trinajstić information content (AvgIpc) is 2.54. The number of benzene rings is 2. The maximum atomic E-state index is 13.7. The normalized spacial score (nSPS) is 10.7. The Morgan fingerprint density at radius 3 is 2.65 bits per heavy atom. The Hall–Kier alpha value is -2.73. The van der Waals surface area contributed by atoms with E-state index >= 15 is 0 Å². The van der Waals surface area contributed by atoms with Gasteiger partial charge in [-0.25, -0.2) is 9.49 Å². The molecule has 0 unspecified atom stereocenters. The molecule has 5 nitrogen and oxygen atoms in total. The van der Waals surface area contributed by atoms with E-state index < -0.39 is 11.7 Å². The minimum Gasteiger partial charge on any atom is -0.346 e. The lowest BCUT2D eigenvalue weighted by Crippen LogP contribution is -2.25. The molecule has 2 N–H and O–H groups in total. The van der Waals surface area contributed by atoms with E-state index in [1.807, 2.05) is 0 Å². The van der Waals surface area contributed by atoms with Crippen LogP contribution in [0.3, 0.4) is 0 Å². The van der Waals surface area contributed by atoms with Crippen molar-refractivity contribution in [1.29, 1.82) is 0 Å². The molecule has 0 bridgehead atoms. The van der Waals surface area contributed by atoms with Gasteiger partial charge in [-0.3, -0.25) is 9.59 Å². The van der Waals surface area contributed by atoms with Gasteiger partial charge in [0, 0.05) is 5.39 Å². The predicted molar refractivity (Wildman–Crippen MR) is 84.9 cm³/mol. The Balaban J connectivity index is 1.88. The van der Waals surface area contributed by atoms with Crippen LogP contribution in [-0.2, 0) is 6.54 Å². The number of aromatic nitrogens is 2. The number of H-pyrrole nitrogens is 1. The number of nitrogens with zero attached hydrogens (tertiary/aromatic N) is 1. The van der Waals surface area contributed by atoms with Gasteiger partial charge < -0.3 is 5.32 Å². The summed E-state index contributed by atoms with van der Waals surface area (Å²) < 4.78 is 13.7. The summed E-state index contributed by atoms with van der Waals surface area (Å²) in [6.45, 7) is 0.0286. The Kier molecular flexibility index (Phi) is 4.08. The second kappa shape index (κ2) is 6.18. The fraction of sp³-hybridized carbons (Fsp3) is 0.0625. The molecule has 0 aliphatic heterocycles. The standard InChI is InChI=1S/C16H11ClFN3O2/c17-11-6-3-7-12(18)14(11)16(23)19-8-13-9-4-1-2-5-10(9)15(22)21-20-13/h1-7H,8H2,(H,19,23)(H,21,22). The Bertz CT molecular complexity index is 935. The number of hydrogen-bond donors (Lipinski definition) is 2. The zero-order valence-corrected chi connectivity index (χ0v) is 12.5. The molecule has 0 radical (unpaired) electrons. The first kappa shape index (κ1) is 15.2. The first-order valence-electron chi connectivity index (χ1n) is 6.76. The van der Waals surface area contributed by atoms with Gasteiger partial charge in [-0.2, -0.15) is 5.10 Å². The third-order valence-electron chi connectivity index (χ3n) is 3.38. The van der Waals surface area contributed by atoms with Crippen molar-refractivity contribution in [2.45, 2.75) is 6.54 Å². The zero-order chi connectivity index (χ0) is 16.4. The van der Waals surface area contributed by atoms with Gasteiger partial charge in [-0.05, 0) is 18.2 Å². The Morgan fingerprint density at radius 1 is 1.17 bits per heavy atom. The maximum absolute atomic E-state index is 13.7. The summed E-state index contributed by atoms with van der Waals surface area (Å²) in [7, 11) is 0. The van der Waals surface area contributed by atoms with Crippen LogP contribution in [0.5, 0.6) is 0 Å². The molecule has 0 atom stereocenters. The smallest absolute Gasteiger partial charge is 0.272 e. The van der Waals surface area contributed by atoms with E-state index in [1.54, 1.807) is 24.3 Å². The molecule has 7 heteroatoms. The summed E-state index contributed by atoms with van der Waals surface area (Å²) in [4.78, 5) is 23.8. The second-order valence-corrected chi connectivity index (χ2v) is 5.23. The van der Waals surface area contributed by atoms with Crippen LogP contribution in [0.4, 0.5) is 4.39 Å². The number of rotatable bonds is 3. The average molecular weight is 332 g/mol. The number of halogens is 2. The topological polar surface area (TPSA) is 74.8 Å². The molecule has 1 aromatic heterocycles. The largest absolute Gasteiger partial charge is 0.346 e. The first-order chi connectivity index (χ1) is 11.1. The number of amides is 1. The molecule has 0 saturated carbocycles. The third kappa shape index (κ3) is 2.93. The van der Waals surface area contributed by atoms with Crippen molar-refractivity contribution in [3.8, 4) is 0 Å². The highest BCUT2D eigenvalue weighted by molar-refractivity contribution is 6.33. The highest BCUT2D eigenvalue weighted by Gasteiger charge is 2.16. The van der Waals surface area contributed by atoms with E-state index in [-0.39, 0.29) is 22.7 Å². The molecule has 0 aliphatic carbocycles. The highest BCUT2D eigenvalue weighted by atomic mass is 35.5. The lowest BCUT2D eigenvalue weighted by Gasteiger charge is -2.08. The van der Waals surface area contributed by atoms with Gasteiger partial charge in [0.2, 0.25) is 0 Å². The summed E-state index contributed by atoms with van der Waals surface area (Å²) >= 11 is 5.86. The van der Waals surface area contributed by atoms with E-state index in [0.29, 0.717) is 16.5 Å². The van der Waals surface area contributed by atoms with Crippen LogP contribution >= 0.6 is 11.6 Å². The summed E-state index contributed by atoms with van der Waals surface area (Å²) in [6.07, 6.45) is 0. The van der Waals surface area contributed by atoms with Gasteiger partial charge >= 0.3 is 0 Å². The van der Waals surface area contributed by atoms with E-state index in [2.05, 4.69) is 15.5 Å². The molecule has 0 fully saturated rings. The Morgan fingerprint density at radius 2 is 1.91 bits per heavy atom. The predicted octanol–water partition coefficient (Wildman–Crippen LogP) is 2.65. The fourth-order valence-electron chi connectivity index (χ4n) is 2.27. The van der Waals surface area contributed by atoms with Gasteiger partial charge in [0.1, 0.15) is 5.82 Å². The van der Waals surface area contributed by atoms with Crippen LogP contribution in [0.2, 0.25) is 5.02 Å². The molecule has 0 aliphatic rings.